The lowest BCUT2D eigenvalue weighted by molar-refractivity contribution is 0.619. The SMILES string of the molecule is C=CCN1C=C1CCC. The van der Waals surface area contributed by atoms with Crippen LogP contribution in [0.25, 0.3) is 0 Å². The molecule has 0 spiro atoms. The molecule has 1 heterocycles. The molecule has 0 aliphatic carbocycles. The Morgan fingerprint density at radius 1 is 1.78 bits per heavy atom. The molecule has 0 atom stereocenters. The summed E-state index contributed by atoms with van der Waals surface area (Å²) in [5.74, 6) is 0. The average Bonchev–Trinajstić information content (AvgIpc) is 2.50. The Bertz CT molecular complexity index is 136. The first-order chi connectivity index (χ1) is 4.38. The van der Waals surface area contributed by atoms with Gasteiger partial charge in [0.15, 0.2) is 0 Å². The van der Waals surface area contributed by atoms with Crippen molar-refractivity contribution in [2.24, 2.45) is 0 Å². The van der Waals surface area contributed by atoms with E-state index in [9.17, 15) is 0 Å². The van der Waals surface area contributed by atoms with E-state index >= 15 is 0 Å². The van der Waals surface area contributed by atoms with Crippen molar-refractivity contribution in [2.75, 3.05) is 6.54 Å². The number of allylic oxidation sites excluding steroid dienone is 1. The summed E-state index contributed by atoms with van der Waals surface area (Å²) in [5.41, 5.74) is 1.48. The summed E-state index contributed by atoms with van der Waals surface area (Å²) in [6.07, 6.45) is 6.59. The highest BCUT2D eigenvalue weighted by Gasteiger charge is 2.16. The molecule has 1 rings (SSSR count). The van der Waals surface area contributed by atoms with Crippen LogP contribution in [0.5, 0.6) is 0 Å². The lowest BCUT2D eigenvalue weighted by atomic mass is 10.3. The molecular weight excluding hydrogens is 110 g/mol. The Balaban J connectivity index is 2.07. The van der Waals surface area contributed by atoms with E-state index in [-0.39, 0.29) is 0 Å². The second-order valence-corrected chi connectivity index (χ2v) is 2.31. The minimum absolute atomic E-state index is 0.995. The van der Waals surface area contributed by atoms with Gasteiger partial charge in [-0.1, -0.05) is 19.4 Å². The maximum Gasteiger partial charge on any atom is 0.0401 e. The van der Waals surface area contributed by atoms with E-state index in [0.717, 1.165) is 6.54 Å². The van der Waals surface area contributed by atoms with Crippen molar-refractivity contribution in [3.63, 3.8) is 0 Å². The van der Waals surface area contributed by atoms with Crippen LogP contribution in [0.2, 0.25) is 0 Å². The van der Waals surface area contributed by atoms with Gasteiger partial charge >= 0.3 is 0 Å². The van der Waals surface area contributed by atoms with E-state index in [1.54, 1.807) is 0 Å². The van der Waals surface area contributed by atoms with Crippen LogP contribution in [-0.4, -0.2) is 11.4 Å². The molecule has 0 radical (unpaired) electrons. The quantitative estimate of drug-likeness (QED) is 0.517. The maximum atomic E-state index is 3.66. The van der Waals surface area contributed by atoms with Crippen LogP contribution in [0.3, 0.4) is 0 Å². The fraction of sp³-hybridized carbons (Fsp3) is 0.500. The van der Waals surface area contributed by atoms with Gasteiger partial charge in [-0.15, -0.1) is 6.58 Å². The highest BCUT2D eigenvalue weighted by molar-refractivity contribution is 5.19. The Hall–Kier alpha value is -0.720. The predicted octanol–water partition coefficient (Wildman–Crippen LogP) is 2.13. The molecule has 1 nitrogen and oxygen atoms in total. The maximum absolute atomic E-state index is 3.66. The second kappa shape index (κ2) is 2.72. The van der Waals surface area contributed by atoms with E-state index in [1.165, 1.54) is 18.5 Å². The second-order valence-electron chi connectivity index (χ2n) is 2.31. The number of hydrogen-bond acceptors (Lipinski definition) is 1. The van der Waals surface area contributed by atoms with Crippen molar-refractivity contribution in [3.8, 4) is 0 Å². The third kappa shape index (κ3) is 1.60. The molecule has 0 fully saturated rings. The zero-order valence-corrected chi connectivity index (χ0v) is 5.93. The van der Waals surface area contributed by atoms with Crippen molar-refractivity contribution >= 4 is 0 Å². The monoisotopic (exact) mass is 123 g/mol. The summed E-state index contributed by atoms with van der Waals surface area (Å²) < 4.78 is 0. The number of hydrogen-bond donors (Lipinski definition) is 0. The molecule has 0 saturated heterocycles. The lowest BCUT2D eigenvalue weighted by Crippen LogP contribution is -1.97. The van der Waals surface area contributed by atoms with Crippen molar-refractivity contribution in [1.29, 1.82) is 0 Å². The minimum atomic E-state index is 0.995. The molecule has 0 aromatic heterocycles. The summed E-state index contributed by atoms with van der Waals surface area (Å²) >= 11 is 0. The van der Waals surface area contributed by atoms with Crippen LogP contribution in [-0.2, 0) is 0 Å². The summed E-state index contributed by atoms with van der Waals surface area (Å²) in [5, 5.41) is 0. The first-order valence-corrected chi connectivity index (χ1v) is 3.46. The lowest BCUT2D eigenvalue weighted by Gasteiger charge is -1.98. The smallest absolute Gasteiger partial charge is 0.0401 e. The molecule has 0 aromatic rings. The fourth-order valence-corrected chi connectivity index (χ4v) is 0.924. The highest BCUT2D eigenvalue weighted by Crippen LogP contribution is 2.24. The number of nitrogens with zero attached hydrogens (tertiary/aromatic N) is 1. The van der Waals surface area contributed by atoms with Gasteiger partial charge in [0.1, 0.15) is 0 Å². The normalized spacial score (nSPS) is 15.2. The molecule has 50 valence electrons. The van der Waals surface area contributed by atoms with Crippen molar-refractivity contribution in [1.82, 2.24) is 4.90 Å². The van der Waals surface area contributed by atoms with Gasteiger partial charge in [-0.3, -0.25) is 0 Å². The van der Waals surface area contributed by atoms with Gasteiger partial charge in [0.25, 0.3) is 0 Å². The molecule has 0 unspecified atom stereocenters. The molecule has 9 heavy (non-hydrogen) atoms. The summed E-state index contributed by atoms with van der Waals surface area (Å²) in [6.45, 7) is 6.86. The standard InChI is InChI=1S/C8H13N/c1-3-5-8-7-9(8)6-4-2/h4,7H,2-3,5-6H2,1H3. The van der Waals surface area contributed by atoms with Crippen molar-refractivity contribution in [3.05, 3.63) is 24.6 Å². The van der Waals surface area contributed by atoms with E-state index < -0.39 is 0 Å². The topological polar surface area (TPSA) is 3.01 Å². The Kier molecular flexibility index (Phi) is 1.93. The van der Waals surface area contributed by atoms with Crippen LogP contribution < -0.4 is 0 Å². The zero-order chi connectivity index (χ0) is 6.69. The molecule has 0 saturated carbocycles. The zero-order valence-electron chi connectivity index (χ0n) is 5.93. The minimum Gasteiger partial charge on any atom is -0.345 e. The third-order valence-electron chi connectivity index (χ3n) is 1.44. The first kappa shape index (κ1) is 6.40. The first-order valence-electron chi connectivity index (χ1n) is 3.46. The fourth-order valence-electron chi connectivity index (χ4n) is 0.924. The molecule has 1 heteroatoms. The molecule has 0 N–H and O–H groups in total. The molecule has 0 aromatic carbocycles. The van der Waals surface area contributed by atoms with Gasteiger partial charge in [0.05, 0.1) is 0 Å². The average molecular weight is 123 g/mol. The Morgan fingerprint density at radius 2 is 2.56 bits per heavy atom. The highest BCUT2D eigenvalue weighted by atomic mass is 15.2. The van der Waals surface area contributed by atoms with Gasteiger partial charge in [0, 0.05) is 18.4 Å². The van der Waals surface area contributed by atoms with Crippen LogP contribution in [0.1, 0.15) is 19.8 Å². The molecule has 1 aliphatic heterocycles. The molecule has 1 aliphatic rings. The predicted molar refractivity (Wildman–Crippen MR) is 39.9 cm³/mol. The summed E-state index contributed by atoms with van der Waals surface area (Å²) in [7, 11) is 0. The van der Waals surface area contributed by atoms with Gasteiger partial charge in [-0.05, 0) is 6.42 Å². The van der Waals surface area contributed by atoms with Crippen LogP contribution in [0.15, 0.2) is 24.6 Å². The summed E-state index contributed by atoms with van der Waals surface area (Å²) in [4.78, 5) is 2.23. The van der Waals surface area contributed by atoms with E-state index in [2.05, 4.69) is 24.6 Å². The van der Waals surface area contributed by atoms with Gasteiger partial charge in [-0.2, -0.15) is 0 Å². The van der Waals surface area contributed by atoms with E-state index in [1.807, 2.05) is 6.08 Å². The Morgan fingerprint density at radius 3 is 3.11 bits per heavy atom. The van der Waals surface area contributed by atoms with Crippen LogP contribution >= 0.6 is 0 Å². The largest absolute Gasteiger partial charge is 0.345 e. The molecular formula is C8H13N. The Labute approximate surface area is 56.7 Å². The van der Waals surface area contributed by atoms with Gasteiger partial charge in [-0.25, -0.2) is 0 Å². The van der Waals surface area contributed by atoms with E-state index in [4.69, 9.17) is 0 Å². The summed E-state index contributed by atoms with van der Waals surface area (Å²) in [6, 6.07) is 0. The van der Waals surface area contributed by atoms with Crippen molar-refractivity contribution < 1.29 is 0 Å². The van der Waals surface area contributed by atoms with Crippen molar-refractivity contribution in [2.45, 2.75) is 19.8 Å². The third-order valence-corrected chi connectivity index (χ3v) is 1.44. The van der Waals surface area contributed by atoms with Crippen LogP contribution in [0.4, 0.5) is 0 Å². The van der Waals surface area contributed by atoms with Gasteiger partial charge in [0.2, 0.25) is 0 Å². The van der Waals surface area contributed by atoms with E-state index in [0.29, 0.717) is 0 Å². The van der Waals surface area contributed by atoms with Crippen LogP contribution in [0, 0.1) is 0 Å². The van der Waals surface area contributed by atoms with Gasteiger partial charge < -0.3 is 4.90 Å². The molecule has 0 bridgehead atoms. The molecule has 0 amide bonds. The number of rotatable bonds is 4.